The lowest BCUT2D eigenvalue weighted by atomic mass is 10.2. The largest absolute Gasteiger partial charge is 0.388 e. The van der Waals surface area contributed by atoms with Gasteiger partial charge >= 0.3 is 0 Å². The third-order valence-corrected chi connectivity index (χ3v) is 2.34. The summed E-state index contributed by atoms with van der Waals surface area (Å²) in [6, 6.07) is 7.98. The average molecular weight is 192 g/mol. The fourth-order valence-corrected chi connectivity index (χ4v) is 1.51. The predicted molar refractivity (Wildman–Crippen MR) is 52.7 cm³/mol. The molecule has 0 bridgehead atoms. The Hall–Kier alpha value is -1.49. The van der Waals surface area contributed by atoms with Crippen molar-refractivity contribution >= 4 is 17.2 Å². The maximum Gasteiger partial charge on any atom is 0.168 e. The topological polar surface area (TPSA) is 50.7 Å². The van der Waals surface area contributed by atoms with Gasteiger partial charge in [-0.3, -0.25) is 0 Å². The van der Waals surface area contributed by atoms with Crippen molar-refractivity contribution in [3.05, 3.63) is 24.3 Å². The SMILES string of the molecule is CNc1cccc(-c2nnns2)c1. The molecule has 66 valence electrons. The monoisotopic (exact) mass is 192 g/mol. The molecule has 2 aromatic rings. The van der Waals surface area contributed by atoms with E-state index in [2.05, 4.69) is 20.1 Å². The minimum Gasteiger partial charge on any atom is -0.388 e. The smallest absolute Gasteiger partial charge is 0.168 e. The van der Waals surface area contributed by atoms with Crippen LogP contribution in [0.2, 0.25) is 0 Å². The highest BCUT2D eigenvalue weighted by molar-refractivity contribution is 7.08. The molecule has 1 N–H and O–H groups in total. The Morgan fingerprint density at radius 2 is 2.31 bits per heavy atom. The predicted octanol–water partition coefficient (Wildman–Crippen LogP) is 1.64. The quantitative estimate of drug-likeness (QED) is 0.786. The molecule has 0 fully saturated rings. The van der Waals surface area contributed by atoms with Gasteiger partial charge in [-0.15, -0.1) is 5.10 Å². The average Bonchev–Trinajstić information content (AvgIpc) is 2.71. The summed E-state index contributed by atoms with van der Waals surface area (Å²) in [5.74, 6) is 0. The molecule has 0 radical (unpaired) electrons. The summed E-state index contributed by atoms with van der Waals surface area (Å²) in [5, 5.41) is 11.4. The van der Waals surface area contributed by atoms with Crippen molar-refractivity contribution in [3.63, 3.8) is 0 Å². The van der Waals surface area contributed by atoms with Crippen molar-refractivity contribution < 1.29 is 0 Å². The van der Waals surface area contributed by atoms with Crippen molar-refractivity contribution in [1.29, 1.82) is 0 Å². The molecule has 0 spiro atoms. The lowest BCUT2D eigenvalue weighted by molar-refractivity contribution is 0.961. The van der Waals surface area contributed by atoms with E-state index in [1.807, 2.05) is 31.3 Å². The van der Waals surface area contributed by atoms with Crippen molar-refractivity contribution in [2.45, 2.75) is 0 Å². The van der Waals surface area contributed by atoms with Crippen LogP contribution in [0.5, 0.6) is 0 Å². The molecule has 0 unspecified atom stereocenters. The molecule has 0 aliphatic heterocycles. The first-order chi connectivity index (χ1) is 6.40. The Morgan fingerprint density at radius 3 is 3.00 bits per heavy atom. The Balaban J connectivity index is 2.41. The molecule has 13 heavy (non-hydrogen) atoms. The molecule has 1 aromatic carbocycles. The van der Waals surface area contributed by atoms with Gasteiger partial charge in [-0.2, -0.15) is 0 Å². The summed E-state index contributed by atoms with van der Waals surface area (Å²) in [4.78, 5) is 0. The number of hydrogen-bond acceptors (Lipinski definition) is 5. The second kappa shape index (κ2) is 3.49. The number of anilines is 1. The zero-order valence-corrected chi connectivity index (χ0v) is 7.88. The molecule has 2 rings (SSSR count). The molecular formula is C8H8N4S. The van der Waals surface area contributed by atoms with Gasteiger partial charge in [0.1, 0.15) is 0 Å². The van der Waals surface area contributed by atoms with Gasteiger partial charge in [0.2, 0.25) is 0 Å². The second-order valence-electron chi connectivity index (χ2n) is 2.50. The van der Waals surface area contributed by atoms with Crippen LogP contribution >= 0.6 is 11.5 Å². The van der Waals surface area contributed by atoms with Crippen molar-refractivity contribution in [2.75, 3.05) is 12.4 Å². The summed E-state index contributed by atoms with van der Waals surface area (Å²) < 4.78 is 3.71. The van der Waals surface area contributed by atoms with E-state index in [-0.39, 0.29) is 0 Å². The van der Waals surface area contributed by atoms with Crippen LogP contribution in [0.1, 0.15) is 0 Å². The normalized spacial score (nSPS) is 9.92. The van der Waals surface area contributed by atoms with Gasteiger partial charge in [-0.1, -0.05) is 16.6 Å². The maximum atomic E-state index is 3.89. The number of aromatic nitrogens is 3. The van der Waals surface area contributed by atoms with Crippen molar-refractivity contribution in [1.82, 2.24) is 14.8 Å². The van der Waals surface area contributed by atoms with E-state index in [0.717, 1.165) is 16.3 Å². The van der Waals surface area contributed by atoms with Gasteiger partial charge < -0.3 is 5.32 Å². The van der Waals surface area contributed by atoms with Gasteiger partial charge in [-0.25, -0.2) is 0 Å². The van der Waals surface area contributed by atoms with Crippen LogP contribution in [0.25, 0.3) is 10.6 Å². The molecule has 1 heterocycles. The first-order valence-electron chi connectivity index (χ1n) is 3.83. The number of benzene rings is 1. The number of rotatable bonds is 2. The first kappa shape index (κ1) is 8.12. The molecule has 1 aromatic heterocycles. The third-order valence-electron chi connectivity index (χ3n) is 1.70. The van der Waals surface area contributed by atoms with Crippen LogP contribution in [-0.2, 0) is 0 Å². The van der Waals surface area contributed by atoms with E-state index in [4.69, 9.17) is 0 Å². The fraction of sp³-hybridized carbons (Fsp3) is 0.125. The highest BCUT2D eigenvalue weighted by Crippen LogP contribution is 2.21. The van der Waals surface area contributed by atoms with E-state index in [9.17, 15) is 0 Å². The van der Waals surface area contributed by atoms with Crippen LogP contribution in [0.3, 0.4) is 0 Å². The van der Waals surface area contributed by atoms with Gasteiger partial charge in [-0.05, 0) is 17.3 Å². The number of nitrogens with zero attached hydrogens (tertiary/aromatic N) is 3. The summed E-state index contributed by atoms with van der Waals surface area (Å²) in [5.41, 5.74) is 2.11. The minimum atomic E-state index is 0.845. The van der Waals surface area contributed by atoms with Gasteiger partial charge in [0.15, 0.2) is 5.01 Å². The highest BCUT2D eigenvalue weighted by atomic mass is 32.1. The van der Waals surface area contributed by atoms with Crippen LogP contribution < -0.4 is 5.32 Å². The van der Waals surface area contributed by atoms with Crippen molar-refractivity contribution in [3.8, 4) is 10.6 Å². The molecule has 0 amide bonds. The van der Waals surface area contributed by atoms with Crippen LogP contribution in [-0.4, -0.2) is 21.8 Å². The molecule has 0 aliphatic carbocycles. The number of hydrogen-bond donors (Lipinski definition) is 1. The zero-order chi connectivity index (χ0) is 9.10. The molecular weight excluding hydrogens is 184 g/mol. The molecule has 0 saturated carbocycles. The molecule has 0 atom stereocenters. The second-order valence-corrected chi connectivity index (χ2v) is 3.23. The summed E-state index contributed by atoms with van der Waals surface area (Å²) >= 11 is 1.30. The minimum absolute atomic E-state index is 0.845. The van der Waals surface area contributed by atoms with Gasteiger partial charge in [0, 0.05) is 29.8 Å². The third kappa shape index (κ3) is 1.65. The molecule has 0 aliphatic rings. The maximum absolute atomic E-state index is 3.89. The summed E-state index contributed by atoms with van der Waals surface area (Å²) in [7, 11) is 1.89. The lowest BCUT2D eigenvalue weighted by Crippen LogP contribution is -1.87. The van der Waals surface area contributed by atoms with E-state index in [1.54, 1.807) is 0 Å². The molecule has 0 saturated heterocycles. The Labute approximate surface area is 79.8 Å². The van der Waals surface area contributed by atoms with Crippen LogP contribution in [0.4, 0.5) is 5.69 Å². The standard InChI is InChI=1S/C8H8N4S/c1-9-7-4-2-3-6(5-7)8-10-11-12-13-8/h2-5,9H,1H3. The Kier molecular flexibility index (Phi) is 2.18. The van der Waals surface area contributed by atoms with E-state index in [1.165, 1.54) is 11.5 Å². The van der Waals surface area contributed by atoms with E-state index < -0.39 is 0 Å². The van der Waals surface area contributed by atoms with E-state index >= 15 is 0 Å². The highest BCUT2D eigenvalue weighted by Gasteiger charge is 2.01. The summed E-state index contributed by atoms with van der Waals surface area (Å²) in [6.45, 7) is 0. The molecule has 4 nitrogen and oxygen atoms in total. The number of nitrogens with one attached hydrogen (secondary N) is 1. The van der Waals surface area contributed by atoms with Crippen molar-refractivity contribution in [2.24, 2.45) is 0 Å². The zero-order valence-electron chi connectivity index (χ0n) is 7.06. The fourth-order valence-electron chi connectivity index (χ4n) is 1.05. The van der Waals surface area contributed by atoms with Gasteiger partial charge in [0.05, 0.1) is 0 Å². The summed E-state index contributed by atoms with van der Waals surface area (Å²) in [6.07, 6.45) is 0. The first-order valence-corrected chi connectivity index (χ1v) is 4.61. The van der Waals surface area contributed by atoms with Gasteiger partial charge in [0.25, 0.3) is 0 Å². The lowest BCUT2D eigenvalue weighted by Gasteiger charge is -2.00. The van der Waals surface area contributed by atoms with Crippen LogP contribution in [0, 0.1) is 0 Å². The Bertz CT molecular complexity index is 385. The van der Waals surface area contributed by atoms with Crippen LogP contribution in [0.15, 0.2) is 24.3 Å². The van der Waals surface area contributed by atoms with E-state index in [0.29, 0.717) is 0 Å². The molecule has 5 heteroatoms. The Morgan fingerprint density at radius 1 is 1.38 bits per heavy atom.